The molecule has 1 N–H and O–H groups in total. The van der Waals surface area contributed by atoms with Crippen molar-refractivity contribution in [3.8, 4) is 0 Å². The molecule has 16 heavy (non-hydrogen) atoms. The van der Waals surface area contributed by atoms with Crippen molar-refractivity contribution in [2.45, 2.75) is 30.9 Å². The Labute approximate surface area is 106 Å². The van der Waals surface area contributed by atoms with E-state index in [9.17, 15) is 0 Å². The number of hydrogen-bond acceptors (Lipinski definition) is 5. The summed E-state index contributed by atoms with van der Waals surface area (Å²) in [6, 6.07) is 0.362. The van der Waals surface area contributed by atoms with Crippen LogP contribution in [0, 0.1) is 0 Å². The molecule has 2 aliphatic rings. The molecule has 0 aromatic rings. The number of rotatable bonds is 3. The standard InChI is InChI=1S/C11H21NO2S2/c1-11(2)13-6-9(7-14-11)12-5-10-8-15-3-4-16-10/h9-10,12H,3-8H2,1-2H3. The van der Waals surface area contributed by atoms with Gasteiger partial charge in [0, 0.05) is 29.1 Å². The maximum atomic E-state index is 5.62. The summed E-state index contributed by atoms with van der Waals surface area (Å²) in [5.41, 5.74) is 0. The minimum absolute atomic E-state index is 0.362. The topological polar surface area (TPSA) is 30.5 Å². The Balaban J connectivity index is 1.63. The van der Waals surface area contributed by atoms with Crippen molar-refractivity contribution in [1.29, 1.82) is 0 Å². The zero-order valence-corrected chi connectivity index (χ0v) is 11.7. The lowest BCUT2D eigenvalue weighted by Crippen LogP contribution is -2.50. The van der Waals surface area contributed by atoms with Gasteiger partial charge in [0.25, 0.3) is 0 Å². The van der Waals surface area contributed by atoms with E-state index in [1.165, 1.54) is 17.3 Å². The maximum Gasteiger partial charge on any atom is 0.162 e. The summed E-state index contributed by atoms with van der Waals surface area (Å²) in [5, 5.41) is 4.30. The fraction of sp³-hybridized carbons (Fsp3) is 1.00. The molecule has 0 aromatic heterocycles. The number of ether oxygens (including phenoxy) is 2. The van der Waals surface area contributed by atoms with Crippen LogP contribution in [0.3, 0.4) is 0 Å². The fourth-order valence-corrected chi connectivity index (χ4v) is 4.39. The first-order valence-corrected chi connectivity index (χ1v) is 8.07. The summed E-state index contributed by atoms with van der Waals surface area (Å²) >= 11 is 4.15. The summed E-state index contributed by atoms with van der Waals surface area (Å²) in [4.78, 5) is 0. The van der Waals surface area contributed by atoms with Gasteiger partial charge in [-0.3, -0.25) is 0 Å². The van der Waals surface area contributed by atoms with Gasteiger partial charge in [-0.05, 0) is 13.8 Å². The van der Waals surface area contributed by atoms with Crippen molar-refractivity contribution in [3.63, 3.8) is 0 Å². The molecular formula is C11H21NO2S2. The summed E-state index contributed by atoms with van der Waals surface area (Å²) in [7, 11) is 0. The second kappa shape index (κ2) is 5.96. The monoisotopic (exact) mass is 263 g/mol. The van der Waals surface area contributed by atoms with Gasteiger partial charge in [-0.25, -0.2) is 0 Å². The minimum atomic E-state index is -0.395. The molecule has 0 spiro atoms. The van der Waals surface area contributed by atoms with E-state index in [-0.39, 0.29) is 0 Å². The van der Waals surface area contributed by atoms with Crippen molar-refractivity contribution >= 4 is 23.5 Å². The zero-order chi connectivity index (χ0) is 11.4. The van der Waals surface area contributed by atoms with Crippen LogP contribution in [0.4, 0.5) is 0 Å². The molecule has 3 nitrogen and oxygen atoms in total. The van der Waals surface area contributed by atoms with Crippen molar-refractivity contribution in [2.75, 3.05) is 37.0 Å². The largest absolute Gasteiger partial charge is 0.349 e. The van der Waals surface area contributed by atoms with Gasteiger partial charge in [-0.15, -0.1) is 0 Å². The molecule has 0 amide bonds. The van der Waals surface area contributed by atoms with E-state index in [1.54, 1.807) is 0 Å². The van der Waals surface area contributed by atoms with Gasteiger partial charge in [-0.1, -0.05) is 0 Å². The summed E-state index contributed by atoms with van der Waals surface area (Å²) < 4.78 is 11.2. The number of nitrogens with one attached hydrogen (secondary N) is 1. The Kier molecular flexibility index (Phi) is 4.85. The lowest BCUT2D eigenvalue weighted by Gasteiger charge is -2.36. The fourth-order valence-electron chi connectivity index (χ4n) is 1.76. The third-order valence-electron chi connectivity index (χ3n) is 2.78. The van der Waals surface area contributed by atoms with Crippen molar-refractivity contribution in [1.82, 2.24) is 5.32 Å². The van der Waals surface area contributed by atoms with E-state index in [1.807, 2.05) is 13.8 Å². The van der Waals surface area contributed by atoms with E-state index in [0.29, 0.717) is 6.04 Å². The molecule has 94 valence electrons. The van der Waals surface area contributed by atoms with Crippen LogP contribution >= 0.6 is 23.5 Å². The Morgan fingerprint density at radius 1 is 1.25 bits per heavy atom. The smallest absolute Gasteiger partial charge is 0.162 e. The van der Waals surface area contributed by atoms with Crippen LogP contribution in [0.15, 0.2) is 0 Å². The average molecular weight is 263 g/mol. The van der Waals surface area contributed by atoms with Crippen molar-refractivity contribution in [2.24, 2.45) is 0 Å². The first-order valence-electron chi connectivity index (χ1n) is 5.86. The molecule has 1 atom stereocenters. The van der Waals surface area contributed by atoms with E-state index in [0.717, 1.165) is 25.0 Å². The molecule has 0 saturated carbocycles. The van der Waals surface area contributed by atoms with Gasteiger partial charge >= 0.3 is 0 Å². The zero-order valence-electron chi connectivity index (χ0n) is 10.0. The Hall–Kier alpha value is 0.580. The first-order chi connectivity index (χ1) is 7.66. The third-order valence-corrected chi connectivity index (χ3v) is 5.63. The van der Waals surface area contributed by atoms with Crippen LogP contribution in [-0.4, -0.2) is 54.1 Å². The van der Waals surface area contributed by atoms with Crippen LogP contribution in [0.1, 0.15) is 13.8 Å². The van der Waals surface area contributed by atoms with Gasteiger partial charge in [0.1, 0.15) is 0 Å². The van der Waals surface area contributed by atoms with E-state index < -0.39 is 5.79 Å². The minimum Gasteiger partial charge on any atom is -0.349 e. The quantitative estimate of drug-likeness (QED) is 0.835. The normalized spacial score (nSPS) is 31.5. The van der Waals surface area contributed by atoms with E-state index >= 15 is 0 Å². The molecule has 0 bridgehead atoms. The molecular weight excluding hydrogens is 242 g/mol. The lowest BCUT2D eigenvalue weighted by molar-refractivity contribution is -0.252. The van der Waals surface area contributed by atoms with Crippen molar-refractivity contribution < 1.29 is 9.47 Å². The highest BCUT2D eigenvalue weighted by Crippen LogP contribution is 2.23. The predicted molar refractivity (Wildman–Crippen MR) is 71.3 cm³/mol. The predicted octanol–water partition coefficient (Wildman–Crippen LogP) is 1.58. The third kappa shape index (κ3) is 4.11. The van der Waals surface area contributed by atoms with E-state index in [2.05, 4.69) is 28.8 Å². The summed E-state index contributed by atoms with van der Waals surface area (Å²) in [5.74, 6) is 3.48. The SMILES string of the molecule is CC1(C)OCC(NCC2CSCCS2)CO1. The molecule has 0 aromatic carbocycles. The molecule has 0 radical (unpaired) electrons. The number of hydrogen-bond donors (Lipinski definition) is 1. The van der Waals surface area contributed by atoms with Crippen LogP contribution in [-0.2, 0) is 9.47 Å². The molecule has 2 saturated heterocycles. The van der Waals surface area contributed by atoms with Gasteiger partial charge in [0.2, 0.25) is 0 Å². The highest BCUT2D eigenvalue weighted by molar-refractivity contribution is 8.06. The Morgan fingerprint density at radius 3 is 2.62 bits per heavy atom. The van der Waals surface area contributed by atoms with Gasteiger partial charge in [-0.2, -0.15) is 23.5 Å². The highest BCUT2D eigenvalue weighted by atomic mass is 32.2. The second-order valence-electron chi connectivity index (χ2n) is 4.69. The summed E-state index contributed by atoms with van der Waals surface area (Å²) in [6.07, 6.45) is 0. The molecule has 1 unspecified atom stereocenters. The maximum absolute atomic E-state index is 5.62. The van der Waals surface area contributed by atoms with Crippen LogP contribution in [0.5, 0.6) is 0 Å². The van der Waals surface area contributed by atoms with Crippen molar-refractivity contribution in [3.05, 3.63) is 0 Å². The molecule has 0 aliphatic carbocycles. The molecule has 2 aliphatic heterocycles. The van der Waals surface area contributed by atoms with E-state index in [4.69, 9.17) is 9.47 Å². The van der Waals surface area contributed by atoms with Crippen LogP contribution in [0.2, 0.25) is 0 Å². The Bertz CT molecular complexity index is 210. The Morgan fingerprint density at radius 2 is 2.00 bits per heavy atom. The highest BCUT2D eigenvalue weighted by Gasteiger charge is 2.28. The molecule has 2 heterocycles. The number of thioether (sulfide) groups is 2. The van der Waals surface area contributed by atoms with Gasteiger partial charge < -0.3 is 14.8 Å². The molecule has 5 heteroatoms. The lowest BCUT2D eigenvalue weighted by atomic mass is 10.2. The van der Waals surface area contributed by atoms with Gasteiger partial charge in [0.05, 0.1) is 19.3 Å². The van der Waals surface area contributed by atoms with Crippen LogP contribution in [0.25, 0.3) is 0 Å². The average Bonchev–Trinajstić information content (AvgIpc) is 2.29. The summed E-state index contributed by atoms with van der Waals surface area (Å²) in [6.45, 7) is 6.54. The van der Waals surface area contributed by atoms with Crippen LogP contribution < -0.4 is 5.32 Å². The first kappa shape index (κ1) is 13.0. The molecule has 2 rings (SSSR count). The van der Waals surface area contributed by atoms with Gasteiger partial charge in [0.15, 0.2) is 5.79 Å². The second-order valence-corrected chi connectivity index (χ2v) is 7.25. The molecule has 2 fully saturated rings.